The zero-order valence-corrected chi connectivity index (χ0v) is 11.0. The molecule has 1 aliphatic carbocycles. The predicted octanol–water partition coefficient (Wildman–Crippen LogP) is 0.473. The second kappa shape index (κ2) is 4.51. The molecule has 2 aliphatic heterocycles. The Balaban J connectivity index is 1.76. The van der Waals surface area contributed by atoms with Crippen molar-refractivity contribution in [2.75, 3.05) is 19.6 Å². The van der Waals surface area contributed by atoms with Crippen LogP contribution in [0.1, 0.15) is 38.5 Å². The van der Waals surface area contributed by atoms with Crippen molar-refractivity contribution in [3.05, 3.63) is 0 Å². The van der Waals surface area contributed by atoms with Crippen LogP contribution in [0.4, 0.5) is 4.79 Å². The van der Waals surface area contributed by atoms with Crippen molar-refractivity contribution in [1.29, 1.82) is 0 Å². The highest BCUT2D eigenvalue weighted by Gasteiger charge is 2.54. The minimum absolute atomic E-state index is 0.0337. The molecule has 0 atom stereocenters. The maximum atomic E-state index is 12.2. The molecule has 3 fully saturated rings. The molecule has 1 N–H and O–H groups in total. The van der Waals surface area contributed by atoms with E-state index in [1.807, 2.05) is 0 Å². The van der Waals surface area contributed by atoms with Gasteiger partial charge in [-0.1, -0.05) is 12.8 Å². The van der Waals surface area contributed by atoms with Crippen LogP contribution in [-0.2, 0) is 9.59 Å². The van der Waals surface area contributed by atoms with E-state index in [-0.39, 0.29) is 18.4 Å². The van der Waals surface area contributed by atoms with Crippen LogP contribution in [0.3, 0.4) is 0 Å². The van der Waals surface area contributed by atoms with E-state index < -0.39 is 11.6 Å². The van der Waals surface area contributed by atoms with Gasteiger partial charge in [-0.3, -0.25) is 14.9 Å². The van der Waals surface area contributed by atoms with Crippen LogP contribution in [0.2, 0.25) is 0 Å². The first kappa shape index (κ1) is 12.4. The summed E-state index contributed by atoms with van der Waals surface area (Å²) in [6.45, 7) is 1.59. The van der Waals surface area contributed by atoms with Crippen molar-refractivity contribution in [2.45, 2.75) is 44.1 Å². The van der Waals surface area contributed by atoms with Gasteiger partial charge in [-0.25, -0.2) is 4.79 Å². The molecule has 0 radical (unpaired) electrons. The van der Waals surface area contributed by atoms with Gasteiger partial charge in [0.25, 0.3) is 5.91 Å². The minimum atomic E-state index is -0.744. The molecule has 6 heteroatoms. The molecule has 0 unspecified atom stereocenters. The number of carbonyl (C=O) groups is 3. The molecule has 4 amide bonds. The van der Waals surface area contributed by atoms with E-state index in [1.54, 1.807) is 4.90 Å². The summed E-state index contributed by atoms with van der Waals surface area (Å²) in [5.74, 6) is -0.252. The molecule has 0 aromatic heterocycles. The summed E-state index contributed by atoms with van der Waals surface area (Å²) in [7, 11) is 0. The van der Waals surface area contributed by atoms with Crippen molar-refractivity contribution < 1.29 is 14.4 Å². The van der Waals surface area contributed by atoms with Crippen LogP contribution in [0.15, 0.2) is 0 Å². The van der Waals surface area contributed by atoms with E-state index in [4.69, 9.17) is 0 Å². The Hall–Kier alpha value is -1.59. The number of imide groups is 1. The monoisotopic (exact) mass is 265 g/mol. The van der Waals surface area contributed by atoms with Crippen LogP contribution in [-0.4, -0.2) is 52.8 Å². The van der Waals surface area contributed by atoms with E-state index in [1.165, 1.54) is 4.90 Å². The number of amides is 4. The Bertz CT molecular complexity index is 423. The van der Waals surface area contributed by atoms with Gasteiger partial charge in [0, 0.05) is 13.1 Å². The fourth-order valence-corrected chi connectivity index (χ4v) is 3.48. The SMILES string of the molecule is O=C(CN1C(=O)NC(=O)C12CCCC2)N1CCCC1. The lowest BCUT2D eigenvalue weighted by molar-refractivity contribution is -0.133. The molecule has 0 aromatic carbocycles. The lowest BCUT2D eigenvalue weighted by Crippen LogP contribution is -2.51. The zero-order chi connectivity index (χ0) is 13.5. The molecule has 2 saturated heterocycles. The van der Waals surface area contributed by atoms with Crippen LogP contribution in [0.5, 0.6) is 0 Å². The van der Waals surface area contributed by atoms with Crippen molar-refractivity contribution in [1.82, 2.24) is 15.1 Å². The quantitative estimate of drug-likeness (QED) is 0.738. The van der Waals surface area contributed by atoms with Gasteiger partial charge in [-0.2, -0.15) is 0 Å². The van der Waals surface area contributed by atoms with E-state index in [2.05, 4.69) is 5.32 Å². The molecule has 19 heavy (non-hydrogen) atoms. The number of carbonyl (C=O) groups excluding carboxylic acids is 3. The minimum Gasteiger partial charge on any atom is -0.341 e. The molecule has 2 heterocycles. The van der Waals surface area contributed by atoms with E-state index in [9.17, 15) is 14.4 Å². The van der Waals surface area contributed by atoms with Gasteiger partial charge < -0.3 is 9.80 Å². The highest BCUT2D eigenvalue weighted by molar-refractivity contribution is 6.08. The van der Waals surface area contributed by atoms with E-state index in [0.29, 0.717) is 12.8 Å². The van der Waals surface area contributed by atoms with Gasteiger partial charge in [0.1, 0.15) is 12.1 Å². The maximum Gasteiger partial charge on any atom is 0.325 e. The summed E-state index contributed by atoms with van der Waals surface area (Å²) in [6.07, 6.45) is 5.30. The third-order valence-corrected chi connectivity index (χ3v) is 4.59. The molecular formula is C13H19N3O3. The van der Waals surface area contributed by atoms with Gasteiger partial charge in [0.2, 0.25) is 5.91 Å². The number of hydrogen-bond acceptors (Lipinski definition) is 3. The Morgan fingerprint density at radius 2 is 1.74 bits per heavy atom. The van der Waals surface area contributed by atoms with Crippen LogP contribution in [0.25, 0.3) is 0 Å². The number of likely N-dealkylation sites (tertiary alicyclic amines) is 1. The molecule has 104 valence electrons. The third-order valence-electron chi connectivity index (χ3n) is 4.59. The Kier molecular flexibility index (Phi) is 2.95. The normalized spacial score (nSPS) is 25.5. The lowest BCUT2D eigenvalue weighted by Gasteiger charge is -2.32. The lowest BCUT2D eigenvalue weighted by atomic mass is 9.96. The Morgan fingerprint density at radius 1 is 1.11 bits per heavy atom. The van der Waals surface area contributed by atoms with Crippen molar-refractivity contribution in [3.63, 3.8) is 0 Å². The van der Waals surface area contributed by atoms with Gasteiger partial charge in [-0.15, -0.1) is 0 Å². The van der Waals surface area contributed by atoms with Crippen molar-refractivity contribution in [3.8, 4) is 0 Å². The fourth-order valence-electron chi connectivity index (χ4n) is 3.48. The highest BCUT2D eigenvalue weighted by Crippen LogP contribution is 2.38. The molecule has 3 rings (SSSR count). The first-order chi connectivity index (χ1) is 9.13. The van der Waals surface area contributed by atoms with E-state index in [0.717, 1.165) is 38.8 Å². The number of urea groups is 1. The molecular weight excluding hydrogens is 246 g/mol. The molecule has 1 saturated carbocycles. The second-order valence-electron chi connectivity index (χ2n) is 5.67. The molecule has 6 nitrogen and oxygen atoms in total. The summed E-state index contributed by atoms with van der Waals surface area (Å²) in [5.41, 5.74) is -0.744. The number of rotatable bonds is 2. The van der Waals surface area contributed by atoms with Crippen LogP contribution >= 0.6 is 0 Å². The summed E-state index contributed by atoms with van der Waals surface area (Å²) in [4.78, 5) is 39.4. The third kappa shape index (κ3) is 1.89. The zero-order valence-electron chi connectivity index (χ0n) is 11.0. The Morgan fingerprint density at radius 3 is 2.37 bits per heavy atom. The molecule has 1 spiro atoms. The van der Waals surface area contributed by atoms with E-state index >= 15 is 0 Å². The predicted molar refractivity (Wildman–Crippen MR) is 67.3 cm³/mol. The second-order valence-corrected chi connectivity index (χ2v) is 5.67. The smallest absolute Gasteiger partial charge is 0.325 e. The summed E-state index contributed by atoms with van der Waals surface area (Å²) >= 11 is 0. The van der Waals surface area contributed by atoms with Crippen molar-refractivity contribution >= 4 is 17.8 Å². The summed E-state index contributed by atoms with van der Waals surface area (Å²) in [5, 5.41) is 2.37. The largest absolute Gasteiger partial charge is 0.341 e. The van der Waals surface area contributed by atoms with Gasteiger partial charge in [0.05, 0.1) is 0 Å². The molecule has 0 aromatic rings. The summed E-state index contributed by atoms with van der Waals surface area (Å²) < 4.78 is 0. The topological polar surface area (TPSA) is 69.7 Å². The average molecular weight is 265 g/mol. The number of hydrogen-bond donors (Lipinski definition) is 1. The number of nitrogens with one attached hydrogen (secondary N) is 1. The standard InChI is InChI=1S/C13H19N3O3/c17-10(15-7-3-4-8-15)9-16-12(19)14-11(18)13(16)5-1-2-6-13/h1-9H2,(H,14,18,19). The van der Waals surface area contributed by atoms with Crippen LogP contribution < -0.4 is 5.32 Å². The highest BCUT2D eigenvalue weighted by atomic mass is 16.2. The van der Waals surface area contributed by atoms with Gasteiger partial charge in [-0.05, 0) is 25.7 Å². The van der Waals surface area contributed by atoms with Gasteiger partial charge >= 0.3 is 6.03 Å². The fraction of sp³-hybridized carbons (Fsp3) is 0.769. The number of nitrogens with zero attached hydrogens (tertiary/aromatic N) is 2. The van der Waals surface area contributed by atoms with Gasteiger partial charge in [0.15, 0.2) is 0 Å². The van der Waals surface area contributed by atoms with Crippen molar-refractivity contribution in [2.24, 2.45) is 0 Å². The summed E-state index contributed by atoms with van der Waals surface area (Å²) in [6, 6.07) is -0.403. The average Bonchev–Trinajstić information content (AvgIpc) is 3.09. The first-order valence-corrected chi connectivity index (χ1v) is 7.04. The Labute approximate surface area is 112 Å². The van der Waals surface area contributed by atoms with Crippen LogP contribution in [0, 0.1) is 0 Å². The molecule has 3 aliphatic rings. The molecule has 0 bridgehead atoms. The maximum absolute atomic E-state index is 12.2. The first-order valence-electron chi connectivity index (χ1n) is 7.04.